The summed E-state index contributed by atoms with van der Waals surface area (Å²) in [5.41, 5.74) is 4.91. The number of fused-ring (bicyclic) bond motifs is 1. The Morgan fingerprint density at radius 2 is 1.70 bits per heavy atom. The quantitative estimate of drug-likeness (QED) is 0.330. The molecule has 0 spiro atoms. The Balaban J connectivity index is 1.58. The minimum absolute atomic E-state index is 0.107. The number of allylic oxidation sites excluding steroid dienone is 1. The summed E-state index contributed by atoms with van der Waals surface area (Å²) in [7, 11) is 0. The van der Waals surface area contributed by atoms with Crippen LogP contribution >= 0.6 is 39.1 Å². The van der Waals surface area contributed by atoms with E-state index in [0.717, 1.165) is 40.6 Å². The molecule has 1 aliphatic carbocycles. The molecular weight excluding hydrogens is 519 g/mol. The highest BCUT2D eigenvalue weighted by molar-refractivity contribution is 9.10. The van der Waals surface area contributed by atoms with Crippen LogP contribution in [0, 0.1) is 5.92 Å². The van der Waals surface area contributed by atoms with Gasteiger partial charge in [-0.1, -0.05) is 69.5 Å². The standard InChI is InChI=1S/C27H21BrCl2N2O/c28-21-5-1-4-20(16-21)27(33)32-26(18-9-13-23(30)14-10-18)24-6-2-3-19(25(24)31-32)15-17-7-11-22(29)12-8-17/h1,4-5,7-16,24,26H,2-3,6H2/b19-15+/t24-,26+/m1/s1. The van der Waals surface area contributed by atoms with Crippen LogP contribution in [0.1, 0.15) is 46.8 Å². The van der Waals surface area contributed by atoms with Crippen molar-refractivity contribution in [3.8, 4) is 0 Å². The van der Waals surface area contributed by atoms with E-state index in [1.807, 2.05) is 72.8 Å². The van der Waals surface area contributed by atoms with Crippen molar-refractivity contribution in [1.29, 1.82) is 0 Å². The average molecular weight is 540 g/mol. The fourth-order valence-electron chi connectivity index (χ4n) is 4.68. The Morgan fingerprint density at radius 3 is 2.39 bits per heavy atom. The van der Waals surface area contributed by atoms with Gasteiger partial charge in [-0.15, -0.1) is 0 Å². The van der Waals surface area contributed by atoms with E-state index in [0.29, 0.717) is 15.6 Å². The summed E-state index contributed by atoms with van der Waals surface area (Å²) in [6, 6.07) is 22.9. The van der Waals surface area contributed by atoms with Crippen molar-refractivity contribution in [3.63, 3.8) is 0 Å². The van der Waals surface area contributed by atoms with Crippen LogP contribution in [0.5, 0.6) is 0 Å². The number of halogens is 3. The highest BCUT2D eigenvalue weighted by atomic mass is 79.9. The molecule has 166 valence electrons. The van der Waals surface area contributed by atoms with Crippen molar-refractivity contribution >= 4 is 56.8 Å². The molecule has 3 aromatic rings. The lowest BCUT2D eigenvalue weighted by atomic mass is 9.77. The third-order valence-electron chi connectivity index (χ3n) is 6.20. The molecule has 3 nitrogen and oxygen atoms in total. The minimum atomic E-state index is -0.169. The molecule has 2 atom stereocenters. The van der Waals surface area contributed by atoms with Gasteiger partial charge in [-0.05, 0) is 84.5 Å². The molecular formula is C27H21BrCl2N2O. The molecule has 3 aromatic carbocycles. The first kappa shape index (κ1) is 22.4. The summed E-state index contributed by atoms with van der Waals surface area (Å²) >= 11 is 15.7. The molecule has 1 heterocycles. The lowest BCUT2D eigenvalue weighted by Gasteiger charge is -2.29. The Bertz CT molecular complexity index is 1250. The van der Waals surface area contributed by atoms with Crippen LogP contribution in [0.25, 0.3) is 6.08 Å². The van der Waals surface area contributed by atoms with Crippen molar-refractivity contribution in [1.82, 2.24) is 5.01 Å². The van der Waals surface area contributed by atoms with E-state index in [4.69, 9.17) is 28.3 Å². The zero-order valence-electron chi connectivity index (χ0n) is 17.7. The molecule has 0 radical (unpaired) electrons. The van der Waals surface area contributed by atoms with E-state index in [1.165, 1.54) is 5.57 Å². The predicted molar refractivity (Wildman–Crippen MR) is 139 cm³/mol. The number of carbonyl (C=O) groups is 1. The molecule has 0 aromatic heterocycles. The lowest BCUT2D eigenvalue weighted by molar-refractivity contribution is 0.0681. The number of hydrogen-bond acceptors (Lipinski definition) is 2. The topological polar surface area (TPSA) is 32.7 Å². The van der Waals surface area contributed by atoms with Crippen LogP contribution < -0.4 is 0 Å². The first-order chi connectivity index (χ1) is 16.0. The molecule has 1 fully saturated rings. The maximum Gasteiger partial charge on any atom is 0.274 e. The maximum absolute atomic E-state index is 13.6. The van der Waals surface area contributed by atoms with E-state index < -0.39 is 0 Å². The van der Waals surface area contributed by atoms with Crippen molar-refractivity contribution in [2.75, 3.05) is 0 Å². The zero-order valence-corrected chi connectivity index (χ0v) is 20.8. The third-order valence-corrected chi connectivity index (χ3v) is 7.20. The van der Waals surface area contributed by atoms with Crippen LogP contribution in [0.3, 0.4) is 0 Å². The second kappa shape index (κ2) is 9.46. The monoisotopic (exact) mass is 538 g/mol. The smallest absolute Gasteiger partial charge is 0.267 e. The SMILES string of the molecule is O=C(c1cccc(Br)c1)N1N=C2/C(=C/c3ccc(Cl)cc3)CCC[C@H]2[C@@H]1c1ccc(Cl)cc1. The van der Waals surface area contributed by atoms with Crippen LogP contribution in [0.15, 0.2) is 87.9 Å². The highest BCUT2D eigenvalue weighted by Crippen LogP contribution is 2.45. The van der Waals surface area contributed by atoms with Crippen LogP contribution in [0.4, 0.5) is 0 Å². The molecule has 2 aliphatic rings. The lowest BCUT2D eigenvalue weighted by Crippen LogP contribution is -2.31. The first-order valence-electron chi connectivity index (χ1n) is 10.9. The number of nitrogens with zero attached hydrogens (tertiary/aromatic N) is 2. The maximum atomic E-state index is 13.6. The van der Waals surface area contributed by atoms with Crippen molar-refractivity contribution in [3.05, 3.63) is 110 Å². The number of carbonyl (C=O) groups excluding carboxylic acids is 1. The summed E-state index contributed by atoms with van der Waals surface area (Å²) in [5.74, 6) is 0.0265. The van der Waals surface area contributed by atoms with Gasteiger partial charge in [0.2, 0.25) is 0 Å². The van der Waals surface area contributed by atoms with E-state index in [1.54, 1.807) is 5.01 Å². The van der Waals surface area contributed by atoms with Gasteiger partial charge in [0, 0.05) is 26.0 Å². The number of hydrogen-bond donors (Lipinski definition) is 0. The summed E-state index contributed by atoms with van der Waals surface area (Å²) in [6.07, 6.45) is 5.13. The normalized spacial score (nSPS) is 21.1. The van der Waals surface area contributed by atoms with Gasteiger partial charge >= 0.3 is 0 Å². The van der Waals surface area contributed by atoms with Gasteiger partial charge in [0.05, 0.1) is 11.8 Å². The third kappa shape index (κ3) is 4.65. The fraction of sp³-hybridized carbons (Fsp3) is 0.185. The first-order valence-corrected chi connectivity index (χ1v) is 12.4. The van der Waals surface area contributed by atoms with Crippen LogP contribution in [-0.2, 0) is 0 Å². The van der Waals surface area contributed by atoms with Gasteiger partial charge in [-0.25, -0.2) is 5.01 Å². The van der Waals surface area contributed by atoms with E-state index in [9.17, 15) is 4.79 Å². The number of amides is 1. The summed E-state index contributed by atoms with van der Waals surface area (Å²) < 4.78 is 0.865. The van der Waals surface area contributed by atoms with Crippen LogP contribution in [0.2, 0.25) is 10.0 Å². The summed E-state index contributed by atoms with van der Waals surface area (Å²) in [5, 5.41) is 8.01. The van der Waals surface area contributed by atoms with Crippen molar-refractivity contribution in [2.24, 2.45) is 11.0 Å². The second-order valence-electron chi connectivity index (χ2n) is 8.36. The average Bonchev–Trinajstić information content (AvgIpc) is 3.21. The fourth-order valence-corrected chi connectivity index (χ4v) is 5.33. The Labute approximate surface area is 211 Å². The summed E-state index contributed by atoms with van der Waals surface area (Å²) in [6.45, 7) is 0. The Kier molecular flexibility index (Phi) is 6.42. The number of rotatable bonds is 3. The van der Waals surface area contributed by atoms with Gasteiger partial charge in [0.1, 0.15) is 0 Å². The van der Waals surface area contributed by atoms with Gasteiger partial charge in [0.25, 0.3) is 5.91 Å². The molecule has 1 aliphatic heterocycles. The number of hydrazone groups is 1. The molecule has 0 N–H and O–H groups in total. The van der Waals surface area contributed by atoms with E-state index in [2.05, 4.69) is 22.0 Å². The largest absolute Gasteiger partial charge is 0.274 e. The Morgan fingerprint density at radius 1 is 1.00 bits per heavy atom. The molecule has 1 amide bonds. The van der Waals surface area contributed by atoms with Crippen molar-refractivity contribution < 1.29 is 4.79 Å². The molecule has 33 heavy (non-hydrogen) atoms. The molecule has 0 bridgehead atoms. The molecule has 6 heteroatoms. The second-order valence-corrected chi connectivity index (χ2v) is 10.2. The van der Waals surface area contributed by atoms with Gasteiger partial charge in [-0.3, -0.25) is 4.79 Å². The predicted octanol–water partition coefficient (Wildman–Crippen LogP) is 8.19. The molecule has 5 rings (SSSR count). The van der Waals surface area contributed by atoms with E-state index in [-0.39, 0.29) is 17.9 Å². The van der Waals surface area contributed by atoms with Crippen LogP contribution in [-0.4, -0.2) is 16.6 Å². The number of benzene rings is 3. The van der Waals surface area contributed by atoms with Gasteiger partial charge < -0.3 is 0 Å². The van der Waals surface area contributed by atoms with E-state index >= 15 is 0 Å². The zero-order chi connectivity index (χ0) is 22.9. The van der Waals surface area contributed by atoms with Gasteiger partial charge in [0.15, 0.2) is 0 Å². The highest BCUT2D eigenvalue weighted by Gasteiger charge is 2.43. The molecule has 0 saturated heterocycles. The molecule has 0 unspecified atom stereocenters. The van der Waals surface area contributed by atoms with Crippen molar-refractivity contribution in [2.45, 2.75) is 25.3 Å². The van der Waals surface area contributed by atoms with Gasteiger partial charge in [-0.2, -0.15) is 5.10 Å². The Hall–Kier alpha value is -2.40. The minimum Gasteiger partial charge on any atom is -0.267 e. The molecule has 1 saturated carbocycles. The summed E-state index contributed by atoms with van der Waals surface area (Å²) in [4.78, 5) is 13.6.